The smallest absolute Gasteiger partial charge is 0.295 e. The Morgan fingerprint density at radius 3 is 2.25 bits per heavy atom. The van der Waals surface area contributed by atoms with Crippen LogP contribution in [0.4, 0.5) is 0 Å². The van der Waals surface area contributed by atoms with Crippen LogP contribution in [0.25, 0.3) is 5.76 Å². The molecule has 1 aliphatic heterocycles. The normalized spacial score (nSPS) is 17.4. The van der Waals surface area contributed by atoms with Gasteiger partial charge in [-0.3, -0.25) is 9.59 Å². The molecule has 1 aliphatic rings. The molecular weight excluding hydrogens is 454 g/mol. The van der Waals surface area contributed by atoms with Gasteiger partial charge in [-0.2, -0.15) is 0 Å². The SMILES string of the molecule is COc1cccc(/C(O)=C2/C(=O)C(=O)N(Cc3ccccc3OC)C2c2ccc(C(C)(C)C)cc2)c1. The average Bonchev–Trinajstić information content (AvgIpc) is 3.13. The molecule has 1 N–H and O–H groups in total. The molecule has 0 aliphatic carbocycles. The molecule has 6 nitrogen and oxygen atoms in total. The monoisotopic (exact) mass is 485 g/mol. The summed E-state index contributed by atoms with van der Waals surface area (Å²) in [5.74, 6) is -0.479. The number of hydrogen-bond donors (Lipinski definition) is 1. The summed E-state index contributed by atoms with van der Waals surface area (Å²) in [5, 5.41) is 11.3. The van der Waals surface area contributed by atoms with Crippen LogP contribution in [0.5, 0.6) is 11.5 Å². The van der Waals surface area contributed by atoms with Crippen LogP contribution < -0.4 is 9.47 Å². The van der Waals surface area contributed by atoms with Crippen LogP contribution in [0.3, 0.4) is 0 Å². The molecule has 3 aromatic rings. The number of carbonyl (C=O) groups excluding carboxylic acids is 2. The average molecular weight is 486 g/mol. The highest BCUT2D eigenvalue weighted by Crippen LogP contribution is 2.41. The Hall–Kier alpha value is -4.06. The zero-order valence-corrected chi connectivity index (χ0v) is 21.2. The lowest BCUT2D eigenvalue weighted by atomic mass is 9.85. The van der Waals surface area contributed by atoms with E-state index in [2.05, 4.69) is 20.8 Å². The van der Waals surface area contributed by atoms with Gasteiger partial charge in [0.25, 0.3) is 11.7 Å². The highest BCUT2D eigenvalue weighted by Gasteiger charge is 2.46. The molecule has 1 amide bonds. The Kier molecular flexibility index (Phi) is 6.88. The number of carbonyl (C=O) groups is 2. The lowest BCUT2D eigenvalue weighted by Crippen LogP contribution is -2.29. The number of benzene rings is 3. The second-order valence-corrected chi connectivity index (χ2v) is 9.84. The second kappa shape index (κ2) is 9.90. The minimum atomic E-state index is -0.768. The molecule has 4 rings (SSSR count). The van der Waals surface area contributed by atoms with Gasteiger partial charge < -0.3 is 19.5 Å². The number of para-hydroxylation sites is 1. The fraction of sp³-hybridized carbons (Fsp3) is 0.267. The molecule has 3 aromatic carbocycles. The predicted octanol–water partition coefficient (Wildman–Crippen LogP) is 5.62. The summed E-state index contributed by atoms with van der Waals surface area (Å²) in [7, 11) is 3.10. The Morgan fingerprint density at radius 2 is 1.61 bits per heavy atom. The zero-order valence-electron chi connectivity index (χ0n) is 21.2. The number of rotatable bonds is 6. The number of ketones is 1. The maximum Gasteiger partial charge on any atom is 0.295 e. The summed E-state index contributed by atoms with van der Waals surface area (Å²) in [6.07, 6.45) is 0. The first-order chi connectivity index (χ1) is 17.2. The van der Waals surface area contributed by atoms with Crippen molar-refractivity contribution >= 4 is 17.4 Å². The standard InChI is InChI=1S/C30H31NO5/c1-30(2,3)22-15-13-19(14-16-22)26-25(27(32)20-10-8-11-23(17-20)35-4)28(33)29(34)31(26)18-21-9-6-7-12-24(21)36-5/h6-17,26,32H,18H2,1-5H3/b27-25-. The molecule has 1 heterocycles. The van der Waals surface area contributed by atoms with Crippen molar-refractivity contribution in [3.8, 4) is 11.5 Å². The minimum absolute atomic E-state index is 0.0478. The maximum absolute atomic E-state index is 13.4. The van der Waals surface area contributed by atoms with Crippen LogP contribution >= 0.6 is 0 Å². The van der Waals surface area contributed by atoms with Gasteiger partial charge in [-0.25, -0.2) is 0 Å². The van der Waals surface area contributed by atoms with Crippen molar-refractivity contribution in [3.63, 3.8) is 0 Å². The van der Waals surface area contributed by atoms with E-state index in [1.807, 2.05) is 48.5 Å². The van der Waals surface area contributed by atoms with Crippen molar-refractivity contribution < 1.29 is 24.2 Å². The number of aliphatic hydroxyl groups is 1. The van der Waals surface area contributed by atoms with Crippen molar-refractivity contribution in [1.29, 1.82) is 0 Å². The molecule has 0 bridgehead atoms. The van der Waals surface area contributed by atoms with Crippen molar-refractivity contribution in [2.45, 2.75) is 38.8 Å². The van der Waals surface area contributed by atoms with E-state index in [1.165, 1.54) is 12.0 Å². The number of aliphatic hydroxyl groups excluding tert-OH is 1. The Labute approximate surface area is 211 Å². The number of nitrogens with zero attached hydrogens (tertiary/aromatic N) is 1. The Morgan fingerprint density at radius 1 is 0.917 bits per heavy atom. The fourth-order valence-corrected chi connectivity index (χ4v) is 4.50. The van der Waals surface area contributed by atoms with Crippen molar-refractivity contribution in [1.82, 2.24) is 4.90 Å². The van der Waals surface area contributed by atoms with Crippen LogP contribution in [0.15, 0.2) is 78.4 Å². The zero-order chi connectivity index (χ0) is 26.0. The van der Waals surface area contributed by atoms with E-state index in [4.69, 9.17) is 9.47 Å². The van der Waals surface area contributed by atoms with Gasteiger partial charge in [0.2, 0.25) is 0 Å². The molecular formula is C30H31NO5. The van der Waals surface area contributed by atoms with E-state index < -0.39 is 17.7 Å². The van der Waals surface area contributed by atoms with Crippen molar-refractivity contribution in [3.05, 3.63) is 101 Å². The number of likely N-dealkylation sites (tertiary alicyclic amines) is 1. The molecule has 36 heavy (non-hydrogen) atoms. The lowest BCUT2D eigenvalue weighted by molar-refractivity contribution is -0.140. The Bertz CT molecular complexity index is 1320. The summed E-state index contributed by atoms with van der Waals surface area (Å²) < 4.78 is 10.8. The second-order valence-electron chi connectivity index (χ2n) is 9.84. The van der Waals surface area contributed by atoms with Gasteiger partial charge in [0.05, 0.1) is 32.4 Å². The Balaban J connectivity index is 1.88. The summed E-state index contributed by atoms with van der Waals surface area (Å²) in [6.45, 7) is 6.52. The van der Waals surface area contributed by atoms with Gasteiger partial charge in [0, 0.05) is 11.1 Å². The number of methoxy groups -OCH3 is 2. The largest absolute Gasteiger partial charge is 0.507 e. The van der Waals surface area contributed by atoms with Crippen molar-refractivity contribution in [2.24, 2.45) is 0 Å². The van der Waals surface area contributed by atoms with E-state index in [1.54, 1.807) is 31.4 Å². The quantitative estimate of drug-likeness (QED) is 0.278. The first-order valence-corrected chi connectivity index (χ1v) is 11.8. The fourth-order valence-electron chi connectivity index (χ4n) is 4.50. The number of hydrogen-bond acceptors (Lipinski definition) is 5. The minimum Gasteiger partial charge on any atom is -0.507 e. The molecule has 0 saturated carbocycles. The van der Waals surface area contributed by atoms with Crippen LogP contribution in [-0.2, 0) is 21.5 Å². The van der Waals surface area contributed by atoms with Gasteiger partial charge in [-0.05, 0) is 34.7 Å². The number of ether oxygens (including phenoxy) is 2. The van der Waals surface area contributed by atoms with E-state index in [0.717, 1.165) is 16.7 Å². The molecule has 1 fully saturated rings. The van der Waals surface area contributed by atoms with Crippen LogP contribution in [0.1, 0.15) is 49.1 Å². The third-order valence-corrected chi connectivity index (χ3v) is 6.51. The third kappa shape index (κ3) is 4.71. The third-order valence-electron chi connectivity index (χ3n) is 6.51. The van der Waals surface area contributed by atoms with Crippen LogP contribution in [0, 0.1) is 0 Å². The molecule has 6 heteroatoms. The van der Waals surface area contributed by atoms with E-state index in [9.17, 15) is 14.7 Å². The molecule has 1 saturated heterocycles. The number of Topliss-reactive ketones (excluding diaryl/α,β-unsaturated/α-hetero) is 1. The van der Waals surface area contributed by atoms with Crippen LogP contribution in [-0.4, -0.2) is 35.9 Å². The van der Waals surface area contributed by atoms with E-state index in [-0.39, 0.29) is 23.3 Å². The highest BCUT2D eigenvalue weighted by atomic mass is 16.5. The summed E-state index contributed by atoms with van der Waals surface area (Å²) >= 11 is 0. The van der Waals surface area contributed by atoms with Gasteiger partial charge >= 0.3 is 0 Å². The molecule has 0 spiro atoms. The molecule has 0 radical (unpaired) electrons. The summed E-state index contributed by atoms with van der Waals surface area (Å²) in [5.41, 5.74) is 3.02. The molecule has 1 unspecified atom stereocenters. The van der Waals surface area contributed by atoms with Crippen LogP contribution in [0.2, 0.25) is 0 Å². The predicted molar refractivity (Wildman–Crippen MR) is 139 cm³/mol. The van der Waals surface area contributed by atoms with Gasteiger partial charge in [-0.15, -0.1) is 0 Å². The first kappa shape index (κ1) is 25.0. The first-order valence-electron chi connectivity index (χ1n) is 11.8. The van der Waals surface area contributed by atoms with Gasteiger partial charge in [0.1, 0.15) is 17.3 Å². The number of amides is 1. The van der Waals surface area contributed by atoms with E-state index >= 15 is 0 Å². The van der Waals surface area contributed by atoms with Crippen molar-refractivity contribution in [2.75, 3.05) is 14.2 Å². The summed E-state index contributed by atoms with van der Waals surface area (Å²) in [6, 6.07) is 21.3. The van der Waals surface area contributed by atoms with Gasteiger partial charge in [0.15, 0.2) is 0 Å². The van der Waals surface area contributed by atoms with Gasteiger partial charge in [-0.1, -0.05) is 75.4 Å². The highest BCUT2D eigenvalue weighted by molar-refractivity contribution is 6.46. The lowest BCUT2D eigenvalue weighted by Gasteiger charge is -2.27. The molecule has 0 aromatic heterocycles. The van der Waals surface area contributed by atoms with E-state index in [0.29, 0.717) is 17.1 Å². The maximum atomic E-state index is 13.4. The molecule has 186 valence electrons. The molecule has 1 atom stereocenters. The summed E-state index contributed by atoms with van der Waals surface area (Å²) in [4.78, 5) is 28.2. The topological polar surface area (TPSA) is 76.1 Å².